The molecule has 2 rings (SSSR count). The predicted octanol–water partition coefficient (Wildman–Crippen LogP) is 2.12. The van der Waals surface area contributed by atoms with Gasteiger partial charge in [-0.15, -0.1) is 0 Å². The van der Waals surface area contributed by atoms with E-state index in [4.69, 9.17) is 11.6 Å². The molecule has 1 N–H and O–H groups in total. The van der Waals surface area contributed by atoms with E-state index < -0.39 is 15.9 Å². The average Bonchev–Trinajstić information content (AvgIpc) is 2.64. The molecule has 28 heavy (non-hydrogen) atoms. The van der Waals surface area contributed by atoms with Gasteiger partial charge in [-0.05, 0) is 35.9 Å². The second kappa shape index (κ2) is 9.07. The van der Waals surface area contributed by atoms with Crippen LogP contribution in [0.25, 0.3) is 0 Å². The number of carbonyl (C=O) groups is 2. The number of sulfonamides is 1. The van der Waals surface area contributed by atoms with Crippen LogP contribution in [0.2, 0.25) is 5.02 Å². The maximum absolute atomic E-state index is 12.3. The monoisotopic (exact) mass is 423 g/mol. The molecule has 0 spiro atoms. The topological polar surface area (TPSA) is 86.8 Å². The second-order valence-corrected chi connectivity index (χ2v) is 8.70. The summed E-state index contributed by atoms with van der Waals surface area (Å²) in [6, 6.07) is 13.1. The maximum Gasteiger partial charge on any atom is 0.253 e. The van der Waals surface area contributed by atoms with Gasteiger partial charge in [-0.2, -0.15) is 0 Å². The van der Waals surface area contributed by atoms with E-state index in [0.717, 1.165) is 16.1 Å². The van der Waals surface area contributed by atoms with E-state index in [1.165, 1.54) is 29.2 Å². The highest BCUT2D eigenvalue weighted by Crippen LogP contribution is 2.19. The highest BCUT2D eigenvalue weighted by Gasteiger charge is 2.21. The fourth-order valence-electron chi connectivity index (χ4n) is 2.45. The van der Waals surface area contributed by atoms with Crippen molar-refractivity contribution in [2.24, 2.45) is 0 Å². The van der Waals surface area contributed by atoms with Crippen LogP contribution in [-0.4, -0.2) is 52.0 Å². The Morgan fingerprint density at radius 2 is 1.64 bits per heavy atom. The van der Waals surface area contributed by atoms with Crippen molar-refractivity contribution in [1.82, 2.24) is 10.2 Å². The second-order valence-electron chi connectivity index (χ2n) is 6.38. The molecule has 0 aliphatic heterocycles. The quantitative estimate of drug-likeness (QED) is 0.739. The summed E-state index contributed by atoms with van der Waals surface area (Å²) in [7, 11) is -0.448. The molecule has 0 unspecified atom stereocenters. The van der Waals surface area contributed by atoms with E-state index in [-0.39, 0.29) is 19.0 Å². The van der Waals surface area contributed by atoms with Crippen molar-refractivity contribution >= 4 is 39.1 Å². The van der Waals surface area contributed by atoms with Crippen LogP contribution < -0.4 is 9.62 Å². The number of hydrogen-bond donors (Lipinski definition) is 1. The van der Waals surface area contributed by atoms with Crippen LogP contribution >= 0.6 is 11.6 Å². The summed E-state index contributed by atoms with van der Waals surface area (Å²) < 4.78 is 25.3. The molecule has 9 heteroatoms. The summed E-state index contributed by atoms with van der Waals surface area (Å²) in [5.41, 5.74) is 1.45. The van der Waals surface area contributed by atoms with Gasteiger partial charge in [0.15, 0.2) is 0 Å². The van der Waals surface area contributed by atoms with Crippen LogP contribution in [0.1, 0.15) is 15.9 Å². The number of nitrogens with zero attached hydrogens (tertiary/aromatic N) is 2. The third-order valence-electron chi connectivity index (χ3n) is 3.93. The number of rotatable bonds is 7. The number of amides is 2. The lowest BCUT2D eigenvalue weighted by molar-refractivity contribution is -0.119. The molecule has 0 heterocycles. The molecule has 0 aliphatic rings. The minimum atomic E-state index is -3.70. The van der Waals surface area contributed by atoms with E-state index in [1.807, 2.05) is 0 Å². The zero-order valence-electron chi connectivity index (χ0n) is 15.8. The molecule has 0 atom stereocenters. The molecule has 0 aliphatic carbocycles. The first kappa shape index (κ1) is 21.7. The standard InChI is InChI=1S/C19H22ClN3O4S/c1-22(2)19(25)14-8-10-16(11-9-14)23(28(3,26)27)13-18(24)21-12-15-6-4-5-7-17(15)20/h4-11H,12-13H2,1-3H3,(H,21,24). The van der Waals surface area contributed by atoms with E-state index >= 15 is 0 Å². The largest absolute Gasteiger partial charge is 0.350 e. The van der Waals surface area contributed by atoms with Crippen molar-refractivity contribution in [3.05, 3.63) is 64.7 Å². The lowest BCUT2D eigenvalue weighted by Crippen LogP contribution is -2.40. The van der Waals surface area contributed by atoms with Gasteiger partial charge in [-0.1, -0.05) is 29.8 Å². The van der Waals surface area contributed by atoms with Crippen molar-refractivity contribution in [2.45, 2.75) is 6.54 Å². The summed E-state index contributed by atoms with van der Waals surface area (Å²) in [5.74, 6) is -0.672. The molecule has 2 aromatic rings. The molecule has 0 saturated carbocycles. The fourth-order valence-corrected chi connectivity index (χ4v) is 3.51. The molecule has 7 nitrogen and oxygen atoms in total. The van der Waals surface area contributed by atoms with Crippen molar-refractivity contribution in [2.75, 3.05) is 31.2 Å². The first-order valence-electron chi connectivity index (χ1n) is 8.39. The molecule has 0 saturated heterocycles. The smallest absolute Gasteiger partial charge is 0.253 e. The normalized spacial score (nSPS) is 11.0. The lowest BCUT2D eigenvalue weighted by Gasteiger charge is -2.22. The van der Waals surface area contributed by atoms with Gasteiger partial charge in [0.1, 0.15) is 6.54 Å². The van der Waals surface area contributed by atoms with E-state index in [0.29, 0.717) is 16.3 Å². The Hall–Kier alpha value is -2.58. The van der Waals surface area contributed by atoms with Crippen LogP contribution in [0.3, 0.4) is 0 Å². The molecule has 2 amide bonds. The molecule has 0 bridgehead atoms. The van der Waals surface area contributed by atoms with Gasteiger partial charge in [0, 0.05) is 31.2 Å². The van der Waals surface area contributed by atoms with Crippen LogP contribution in [0.5, 0.6) is 0 Å². The van der Waals surface area contributed by atoms with E-state index in [9.17, 15) is 18.0 Å². The van der Waals surface area contributed by atoms with E-state index in [1.54, 1.807) is 38.4 Å². The maximum atomic E-state index is 12.3. The highest BCUT2D eigenvalue weighted by atomic mass is 35.5. The minimum absolute atomic E-state index is 0.187. The van der Waals surface area contributed by atoms with Crippen molar-refractivity contribution in [3.8, 4) is 0 Å². The lowest BCUT2D eigenvalue weighted by atomic mass is 10.2. The SMILES string of the molecule is CN(C)C(=O)c1ccc(N(CC(=O)NCc2ccccc2Cl)S(C)(=O)=O)cc1. The number of halogens is 1. The number of hydrogen-bond acceptors (Lipinski definition) is 4. The first-order valence-corrected chi connectivity index (χ1v) is 10.6. The summed E-state index contributed by atoms with van der Waals surface area (Å²) in [4.78, 5) is 25.7. The first-order chi connectivity index (χ1) is 13.1. The van der Waals surface area contributed by atoms with Gasteiger partial charge in [0.2, 0.25) is 15.9 Å². The molecule has 2 aromatic carbocycles. The Morgan fingerprint density at radius 1 is 1.04 bits per heavy atom. The van der Waals surface area contributed by atoms with Crippen LogP contribution in [0.4, 0.5) is 5.69 Å². The third kappa shape index (κ3) is 5.71. The number of nitrogens with one attached hydrogen (secondary N) is 1. The Morgan fingerprint density at radius 3 is 2.18 bits per heavy atom. The summed E-state index contributed by atoms with van der Waals surface area (Å²) in [6.45, 7) is -0.198. The fraction of sp³-hybridized carbons (Fsp3) is 0.263. The zero-order valence-corrected chi connectivity index (χ0v) is 17.4. The number of anilines is 1. The Labute approximate surface area is 169 Å². The third-order valence-corrected chi connectivity index (χ3v) is 5.44. The number of carbonyl (C=O) groups excluding carboxylic acids is 2. The molecular weight excluding hydrogens is 402 g/mol. The van der Waals surface area contributed by atoms with Gasteiger partial charge >= 0.3 is 0 Å². The average molecular weight is 424 g/mol. The van der Waals surface area contributed by atoms with Crippen LogP contribution in [-0.2, 0) is 21.4 Å². The number of benzene rings is 2. The zero-order chi connectivity index (χ0) is 20.9. The summed E-state index contributed by atoms with van der Waals surface area (Å²) in [6.07, 6.45) is 1.02. The molecular formula is C19H22ClN3O4S. The predicted molar refractivity (Wildman–Crippen MR) is 110 cm³/mol. The van der Waals surface area contributed by atoms with E-state index in [2.05, 4.69) is 5.32 Å². The van der Waals surface area contributed by atoms with Crippen molar-refractivity contribution < 1.29 is 18.0 Å². The Bertz CT molecular complexity index is 959. The van der Waals surface area contributed by atoms with Gasteiger partial charge in [-0.25, -0.2) is 8.42 Å². The summed E-state index contributed by atoms with van der Waals surface area (Å²) >= 11 is 6.06. The van der Waals surface area contributed by atoms with Crippen LogP contribution in [0.15, 0.2) is 48.5 Å². The minimum Gasteiger partial charge on any atom is -0.350 e. The van der Waals surface area contributed by atoms with Crippen molar-refractivity contribution in [1.29, 1.82) is 0 Å². The van der Waals surface area contributed by atoms with Gasteiger partial charge in [0.25, 0.3) is 5.91 Å². The summed E-state index contributed by atoms with van der Waals surface area (Å²) in [5, 5.41) is 3.18. The Kier molecular flexibility index (Phi) is 7.04. The molecule has 0 radical (unpaired) electrons. The van der Waals surface area contributed by atoms with Crippen molar-refractivity contribution in [3.63, 3.8) is 0 Å². The van der Waals surface area contributed by atoms with Gasteiger partial charge < -0.3 is 10.2 Å². The Balaban J connectivity index is 2.13. The molecule has 0 fully saturated rings. The van der Waals surface area contributed by atoms with Crippen LogP contribution in [0, 0.1) is 0 Å². The van der Waals surface area contributed by atoms with Gasteiger partial charge in [-0.3, -0.25) is 13.9 Å². The highest BCUT2D eigenvalue weighted by molar-refractivity contribution is 7.92. The molecule has 0 aromatic heterocycles. The van der Waals surface area contributed by atoms with Gasteiger partial charge in [0.05, 0.1) is 11.9 Å². The molecule has 150 valence electrons.